The van der Waals surface area contributed by atoms with Gasteiger partial charge in [0.2, 0.25) is 11.4 Å². The van der Waals surface area contributed by atoms with E-state index >= 15 is 0 Å². The van der Waals surface area contributed by atoms with E-state index in [2.05, 4.69) is 92.7 Å². The van der Waals surface area contributed by atoms with Crippen LogP contribution in [0.3, 0.4) is 0 Å². The van der Waals surface area contributed by atoms with Crippen LogP contribution < -0.4 is 0 Å². The van der Waals surface area contributed by atoms with E-state index in [-0.39, 0.29) is 20.4 Å². The van der Waals surface area contributed by atoms with Crippen molar-refractivity contribution in [2.24, 2.45) is 0 Å². The summed E-state index contributed by atoms with van der Waals surface area (Å²) < 4.78 is 1.65. The molecule has 4 aromatic carbocycles. The molecule has 73 heavy (non-hydrogen) atoms. The van der Waals surface area contributed by atoms with Gasteiger partial charge >= 0.3 is 20.4 Å². The van der Waals surface area contributed by atoms with Crippen LogP contribution in [-0.4, -0.2) is 4.70 Å². The molecule has 0 aliphatic carbocycles. The topological polar surface area (TPSA) is 25.3 Å². The van der Waals surface area contributed by atoms with Gasteiger partial charge in [-0.15, -0.1) is 24.3 Å². The van der Waals surface area contributed by atoms with Crippen LogP contribution in [0.2, 0.25) is 0 Å². The second-order valence-electron chi connectivity index (χ2n) is 21.2. The number of allylic oxidation sites excluding steroid dienone is 2. The zero-order valence-corrected chi connectivity index (χ0v) is 49.7. The molecule has 0 amide bonds. The Morgan fingerprint density at radius 1 is 0.356 bits per heavy atom. The van der Waals surface area contributed by atoms with E-state index in [0.717, 1.165) is 67.5 Å². The van der Waals surface area contributed by atoms with E-state index < -0.39 is 0 Å². The van der Waals surface area contributed by atoms with E-state index in [0.29, 0.717) is 0 Å². The van der Waals surface area contributed by atoms with E-state index in [1.54, 1.807) is 38.1 Å². The van der Waals surface area contributed by atoms with Gasteiger partial charge in [-0.3, -0.25) is 0 Å². The van der Waals surface area contributed by atoms with Crippen LogP contribution in [0.4, 0.5) is 0 Å². The van der Waals surface area contributed by atoms with E-state index in [1.165, 1.54) is 184 Å². The average molecular weight is 1080 g/mol. The fraction of sp³-hybridized carbons (Fsp3) is 0.571. The van der Waals surface area contributed by atoms with Crippen LogP contribution in [-0.2, 0) is 58.9 Å². The maximum absolute atomic E-state index is 12.6. The Balaban J connectivity index is 0.00000104. The largest absolute Gasteiger partial charge is 2.00 e. The van der Waals surface area contributed by atoms with Gasteiger partial charge in [0.15, 0.2) is 0 Å². The first-order chi connectivity index (χ1) is 35.3. The monoisotopic (exact) mass is 1080 g/mol. The SMILES string of the molecule is CCCCCCc1cc(C2=CC(CCCC)=C(c3cc(CCCCCC)c(CCCCCC)c(CCCCCC)c3)[N+]2=[N-])cc(CCCCCC)c1CCCCCC.[CH2-]c1ccccc1.[CH2-]c1ccccc1.[Pd+2]. The van der Waals surface area contributed by atoms with Gasteiger partial charge < -0.3 is 5.53 Å². The Morgan fingerprint density at radius 3 is 0.945 bits per heavy atom. The summed E-state index contributed by atoms with van der Waals surface area (Å²) in [5, 5.41) is 0. The first-order valence-electron chi connectivity index (χ1n) is 30.2. The average Bonchev–Trinajstić information content (AvgIpc) is 3.72. The molecule has 0 N–H and O–H groups in total. The summed E-state index contributed by atoms with van der Waals surface area (Å²) in [6.07, 6.45) is 43.8. The number of benzene rings is 4. The zero-order chi connectivity index (χ0) is 52.0. The minimum absolute atomic E-state index is 0. The first-order valence-corrected chi connectivity index (χ1v) is 30.2. The number of rotatable bonds is 35. The second-order valence-corrected chi connectivity index (χ2v) is 21.2. The summed E-state index contributed by atoms with van der Waals surface area (Å²) in [6, 6.07) is 29.9. The van der Waals surface area contributed by atoms with Crippen LogP contribution in [0, 0.1) is 13.8 Å². The molecule has 5 rings (SSSR count). The second kappa shape index (κ2) is 41.6. The van der Waals surface area contributed by atoms with Crippen molar-refractivity contribution in [2.75, 3.05) is 0 Å². The number of nitrogens with zero attached hydrogens (tertiary/aromatic N) is 2. The molecular weight excluding hydrogens is 975 g/mol. The van der Waals surface area contributed by atoms with Crippen LogP contribution >= 0.6 is 0 Å². The van der Waals surface area contributed by atoms with E-state index in [9.17, 15) is 5.53 Å². The zero-order valence-electron chi connectivity index (χ0n) is 48.1. The van der Waals surface area contributed by atoms with Crippen LogP contribution in [0.1, 0.15) is 277 Å². The first kappa shape index (κ1) is 65.5. The smallest absolute Gasteiger partial charge is 0.493 e. The quantitative estimate of drug-likeness (QED) is 0.0190. The normalized spacial score (nSPS) is 12.0. The van der Waals surface area contributed by atoms with E-state index in [4.69, 9.17) is 0 Å². The van der Waals surface area contributed by atoms with Crippen LogP contribution in [0.25, 0.3) is 16.9 Å². The van der Waals surface area contributed by atoms with Gasteiger partial charge in [0.1, 0.15) is 0 Å². The molecule has 0 aromatic heterocycles. The molecule has 0 bridgehead atoms. The molecule has 0 atom stereocenters. The molecule has 0 radical (unpaired) electrons. The third kappa shape index (κ3) is 25.6. The standard InChI is InChI=1S/C56H92N2.2C7H7.Pd/c1-8-15-22-28-35-46-41-51(42-47(36-29-23-16-9-2)53(46)39-32-26-19-12-5)55-45-50(34-21-14-7)56(58(55)57)52-43-48(37-30-24-17-10-3)54(40-33-27-20-13-6)49(44-52)38-31-25-18-11-4;2*1-7-5-3-2-4-6-7;/h41-45H,8-40H2,1-7H3;2*2-6H,1H2;/q;2*-1;+2. The van der Waals surface area contributed by atoms with E-state index in [1.807, 2.05) is 60.7 Å². The fourth-order valence-corrected chi connectivity index (χ4v) is 10.4. The van der Waals surface area contributed by atoms with Crippen LogP contribution in [0.5, 0.6) is 0 Å². The maximum Gasteiger partial charge on any atom is 2.00 e. The predicted molar refractivity (Wildman–Crippen MR) is 320 cm³/mol. The molecule has 4 aromatic rings. The number of hydrogen-bond donors (Lipinski definition) is 0. The van der Waals surface area contributed by atoms with Gasteiger partial charge in [0.25, 0.3) is 0 Å². The molecule has 2 nitrogen and oxygen atoms in total. The number of aryl methyl sites for hydroxylation is 4. The molecule has 1 aliphatic rings. The Labute approximate surface area is 465 Å². The van der Waals surface area contributed by atoms with Gasteiger partial charge in [-0.05, 0) is 148 Å². The van der Waals surface area contributed by atoms with Crippen molar-refractivity contribution >= 4 is 11.4 Å². The van der Waals surface area contributed by atoms with Gasteiger partial charge in [0.05, 0.1) is 0 Å². The summed E-state index contributed by atoms with van der Waals surface area (Å²) in [6.45, 7) is 23.7. The van der Waals surface area contributed by atoms with Crippen molar-refractivity contribution in [1.29, 1.82) is 0 Å². The molecule has 406 valence electrons. The Kier molecular flexibility index (Phi) is 37.3. The van der Waals surface area contributed by atoms with Crippen molar-refractivity contribution in [3.05, 3.63) is 172 Å². The van der Waals surface area contributed by atoms with Crippen molar-refractivity contribution in [2.45, 2.75) is 260 Å². The number of unbranched alkanes of at least 4 members (excludes halogenated alkanes) is 19. The third-order valence-electron chi connectivity index (χ3n) is 14.7. The maximum atomic E-state index is 12.6. The molecule has 1 heterocycles. The predicted octanol–water partition coefficient (Wildman–Crippen LogP) is 22.1. The van der Waals surface area contributed by atoms with Crippen molar-refractivity contribution in [3.8, 4) is 0 Å². The van der Waals surface area contributed by atoms with Crippen LogP contribution in [0.15, 0.2) is 96.6 Å². The molecule has 0 saturated carbocycles. The molecule has 1 aliphatic heterocycles. The molecule has 0 unspecified atom stereocenters. The minimum Gasteiger partial charge on any atom is -0.493 e. The third-order valence-corrected chi connectivity index (χ3v) is 14.7. The Morgan fingerprint density at radius 2 is 0.658 bits per heavy atom. The van der Waals surface area contributed by atoms with Gasteiger partial charge in [-0.1, -0.05) is 183 Å². The van der Waals surface area contributed by atoms with Gasteiger partial charge in [0, 0.05) is 22.8 Å². The summed E-state index contributed by atoms with van der Waals surface area (Å²) >= 11 is 0. The summed E-state index contributed by atoms with van der Waals surface area (Å²) in [5.74, 6) is 0. The Bertz CT molecular complexity index is 1990. The molecular formula is C70H106N2Pd. The van der Waals surface area contributed by atoms with Crippen molar-refractivity contribution in [1.82, 2.24) is 0 Å². The molecule has 0 spiro atoms. The summed E-state index contributed by atoms with van der Waals surface area (Å²) in [7, 11) is 0. The minimum atomic E-state index is 0. The molecule has 3 heteroatoms. The summed E-state index contributed by atoms with van der Waals surface area (Å²) in [5.41, 5.74) is 30.2. The van der Waals surface area contributed by atoms with Crippen molar-refractivity contribution in [3.63, 3.8) is 0 Å². The molecule has 0 saturated heterocycles. The van der Waals surface area contributed by atoms with Gasteiger partial charge in [-0.2, -0.15) is 49.2 Å². The fourth-order valence-electron chi connectivity index (χ4n) is 10.4. The molecule has 0 fully saturated rings. The van der Waals surface area contributed by atoms with Gasteiger partial charge in [-0.25, -0.2) is 4.70 Å². The number of hydrogen-bond acceptors (Lipinski definition) is 0. The summed E-state index contributed by atoms with van der Waals surface area (Å²) in [4.78, 5) is 0. The van der Waals surface area contributed by atoms with Crippen molar-refractivity contribution < 1.29 is 25.1 Å². The Hall–Kier alpha value is -3.64.